The van der Waals surface area contributed by atoms with Crippen LogP contribution in [0.25, 0.3) is 0 Å². The van der Waals surface area contributed by atoms with Crippen LogP contribution >= 0.6 is 22.9 Å². The fraction of sp³-hybridized carbons (Fsp3) is 0.190. The number of benzene rings is 2. The lowest BCUT2D eigenvalue weighted by atomic mass is 9.90. The molecule has 8 heteroatoms. The summed E-state index contributed by atoms with van der Waals surface area (Å²) >= 11 is 7.22. The Balaban J connectivity index is 1.82. The highest BCUT2D eigenvalue weighted by molar-refractivity contribution is 7.91. The summed E-state index contributed by atoms with van der Waals surface area (Å²) in [7, 11) is -3.80. The molecule has 0 aliphatic carbocycles. The number of halogens is 1. The molecule has 0 radical (unpaired) electrons. The zero-order chi connectivity index (χ0) is 20.6. The number of thiophene rings is 1. The Labute approximate surface area is 178 Å². The Morgan fingerprint density at radius 2 is 1.90 bits per heavy atom. The maximum atomic E-state index is 13.2. The Bertz CT molecular complexity index is 1170. The van der Waals surface area contributed by atoms with Crippen molar-refractivity contribution < 1.29 is 17.9 Å². The lowest BCUT2D eigenvalue weighted by Crippen LogP contribution is -2.23. The molecular formula is C21H18ClNO4S2. The fourth-order valence-electron chi connectivity index (χ4n) is 3.45. The number of fused-ring (bicyclic) bond motifs is 1. The zero-order valence-corrected chi connectivity index (χ0v) is 17.9. The molecule has 1 aliphatic heterocycles. The van der Waals surface area contributed by atoms with E-state index in [1.165, 1.54) is 35.6 Å². The zero-order valence-electron chi connectivity index (χ0n) is 15.5. The maximum absolute atomic E-state index is 13.2. The predicted molar refractivity (Wildman–Crippen MR) is 114 cm³/mol. The van der Waals surface area contributed by atoms with Crippen LogP contribution in [0.1, 0.15) is 29.7 Å². The highest BCUT2D eigenvalue weighted by atomic mass is 35.5. The minimum absolute atomic E-state index is 0.103. The minimum atomic E-state index is -3.80. The van der Waals surface area contributed by atoms with Crippen molar-refractivity contribution in [1.82, 2.24) is 0 Å². The van der Waals surface area contributed by atoms with E-state index in [4.69, 9.17) is 16.3 Å². The van der Waals surface area contributed by atoms with Crippen LogP contribution in [0.2, 0.25) is 5.02 Å². The summed E-state index contributed by atoms with van der Waals surface area (Å²) in [5.41, 5.74) is 1.24. The number of anilines is 1. The highest BCUT2D eigenvalue weighted by Crippen LogP contribution is 2.47. The molecule has 0 saturated heterocycles. The molecular weight excluding hydrogens is 430 g/mol. The Morgan fingerprint density at radius 3 is 2.62 bits per heavy atom. The number of ether oxygens (including phenoxy) is 1. The number of carbonyl (C=O) groups is 1. The van der Waals surface area contributed by atoms with Crippen LogP contribution in [0.5, 0.6) is 5.75 Å². The van der Waals surface area contributed by atoms with E-state index in [1.54, 1.807) is 5.38 Å². The van der Waals surface area contributed by atoms with Crippen LogP contribution in [0.4, 0.5) is 5.69 Å². The average Bonchev–Trinajstić information content (AvgIpc) is 3.13. The van der Waals surface area contributed by atoms with Gasteiger partial charge in [0.05, 0.1) is 17.2 Å². The van der Waals surface area contributed by atoms with Crippen molar-refractivity contribution >= 4 is 44.4 Å². The summed E-state index contributed by atoms with van der Waals surface area (Å²) in [5.74, 6) is 0.219. The molecule has 0 bridgehead atoms. The average molecular weight is 448 g/mol. The molecule has 150 valence electrons. The third-order valence-corrected chi connectivity index (χ3v) is 8.05. The van der Waals surface area contributed by atoms with Gasteiger partial charge in [0.2, 0.25) is 15.7 Å². The summed E-state index contributed by atoms with van der Waals surface area (Å²) in [4.78, 5) is 13.5. The third-order valence-electron chi connectivity index (χ3n) is 4.76. The Hall–Kier alpha value is -2.35. The monoisotopic (exact) mass is 447 g/mol. The van der Waals surface area contributed by atoms with Gasteiger partial charge < -0.3 is 10.1 Å². The van der Waals surface area contributed by atoms with Crippen LogP contribution in [-0.4, -0.2) is 20.9 Å². The van der Waals surface area contributed by atoms with Gasteiger partial charge in [0, 0.05) is 33.2 Å². The van der Waals surface area contributed by atoms with Crippen molar-refractivity contribution in [1.29, 1.82) is 0 Å². The smallest absolute Gasteiger partial charge is 0.225 e. The van der Waals surface area contributed by atoms with Gasteiger partial charge in [-0.1, -0.05) is 29.8 Å². The van der Waals surface area contributed by atoms with Crippen molar-refractivity contribution in [2.24, 2.45) is 0 Å². The van der Waals surface area contributed by atoms with Gasteiger partial charge in [-0.15, -0.1) is 11.3 Å². The Kier molecular flexibility index (Phi) is 5.38. The van der Waals surface area contributed by atoms with Crippen molar-refractivity contribution in [2.45, 2.75) is 29.1 Å². The molecule has 2 aromatic carbocycles. The molecule has 2 heterocycles. The van der Waals surface area contributed by atoms with Crippen LogP contribution in [0.3, 0.4) is 0 Å². The number of nitrogens with one attached hydrogen (secondary N) is 1. The number of hydrogen-bond acceptors (Lipinski definition) is 5. The first-order valence-electron chi connectivity index (χ1n) is 9.05. The Morgan fingerprint density at radius 1 is 1.17 bits per heavy atom. The minimum Gasteiger partial charge on any atom is -0.494 e. The van der Waals surface area contributed by atoms with Crippen molar-refractivity contribution in [3.63, 3.8) is 0 Å². The molecule has 5 nitrogen and oxygen atoms in total. The van der Waals surface area contributed by atoms with Gasteiger partial charge in [0.1, 0.15) is 10.6 Å². The molecule has 3 aromatic rings. The fourth-order valence-corrected chi connectivity index (χ4v) is 6.47. The van der Waals surface area contributed by atoms with E-state index in [-0.39, 0.29) is 28.0 Å². The second-order valence-electron chi connectivity index (χ2n) is 6.57. The molecule has 1 aromatic heterocycles. The number of carbonyl (C=O) groups excluding carboxylic acids is 1. The van der Waals surface area contributed by atoms with Crippen LogP contribution < -0.4 is 10.1 Å². The predicted octanol–water partition coefficient (Wildman–Crippen LogP) is 5.11. The molecule has 0 saturated carbocycles. The van der Waals surface area contributed by atoms with Crippen LogP contribution in [0.15, 0.2) is 63.7 Å². The van der Waals surface area contributed by atoms with Gasteiger partial charge >= 0.3 is 0 Å². The third kappa shape index (κ3) is 3.66. The summed E-state index contributed by atoms with van der Waals surface area (Å²) in [5, 5.41) is 4.82. The summed E-state index contributed by atoms with van der Waals surface area (Å²) in [6, 6.07) is 13.6. The molecule has 29 heavy (non-hydrogen) atoms. The van der Waals surface area contributed by atoms with Gasteiger partial charge in [-0.3, -0.25) is 4.79 Å². The number of rotatable bonds is 5. The molecule has 1 aliphatic rings. The number of sulfone groups is 1. The molecule has 1 amide bonds. The lowest BCUT2D eigenvalue weighted by molar-refractivity contribution is -0.116. The standard InChI is InChI=1S/C21H18ClNO4S2/c1-2-27-17-6-4-3-5-15(17)16-11-19(24)23-20-18(12-28-21(16)20)29(25,26)14-9-7-13(22)8-10-14/h3-10,12,16H,2,11H2,1H3,(H,23,24)/t16-/m1/s1. The summed E-state index contributed by atoms with van der Waals surface area (Å²) in [6.07, 6.45) is 0.234. The normalized spacial score (nSPS) is 16.2. The lowest BCUT2D eigenvalue weighted by Gasteiger charge is -2.25. The summed E-state index contributed by atoms with van der Waals surface area (Å²) < 4.78 is 32.1. The first-order valence-corrected chi connectivity index (χ1v) is 11.8. The molecule has 4 rings (SSSR count). The largest absolute Gasteiger partial charge is 0.494 e. The van der Waals surface area contributed by atoms with E-state index in [1.807, 2.05) is 31.2 Å². The van der Waals surface area contributed by atoms with E-state index in [0.717, 1.165) is 10.4 Å². The topological polar surface area (TPSA) is 72.5 Å². The van der Waals surface area contributed by atoms with Crippen LogP contribution in [-0.2, 0) is 14.6 Å². The van der Waals surface area contributed by atoms with Gasteiger partial charge in [-0.2, -0.15) is 0 Å². The molecule has 0 fully saturated rings. The molecule has 0 unspecified atom stereocenters. The van der Waals surface area contributed by atoms with E-state index in [0.29, 0.717) is 23.1 Å². The second kappa shape index (κ2) is 7.82. The second-order valence-corrected chi connectivity index (χ2v) is 9.84. The summed E-state index contributed by atoms with van der Waals surface area (Å²) in [6.45, 7) is 2.40. The number of amides is 1. The van der Waals surface area contributed by atoms with Crippen molar-refractivity contribution in [3.8, 4) is 5.75 Å². The van der Waals surface area contributed by atoms with Gasteiger partial charge in [-0.25, -0.2) is 8.42 Å². The number of hydrogen-bond donors (Lipinski definition) is 1. The number of para-hydroxylation sites is 1. The first kappa shape index (κ1) is 19.9. The van der Waals surface area contributed by atoms with E-state index in [2.05, 4.69) is 5.32 Å². The SMILES string of the molecule is CCOc1ccccc1[C@H]1CC(=O)Nc2c(S(=O)(=O)c3ccc(Cl)cc3)csc21. The molecule has 0 spiro atoms. The van der Waals surface area contributed by atoms with Crippen molar-refractivity contribution in [3.05, 3.63) is 69.4 Å². The van der Waals surface area contributed by atoms with Crippen LogP contribution in [0, 0.1) is 0 Å². The molecule has 1 atom stereocenters. The van der Waals surface area contributed by atoms with Gasteiger partial charge in [0.15, 0.2) is 0 Å². The van der Waals surface area contributed by atoms with E-state index >= 15 is 0 Å². The van der Waals surface area contributed by atoms with Gasteiger partial charge in [0.25, 0.3) is 0 Å². The van der Waals surface area contributed by atoms with E-state index < -0.39 is 9.84 Å². The maximum Gasteiger partial charge on any atom is 0.225 e. The van der Waals surface area contributed by atoms with Crippen molar-refractivity contribution in [2.75, 3.05) is 11.9 Å². The van der Waals surface area contributed by atoms with Gasteiger partial charge in [-0.05, 0) is 37.3 Å². The highest BCUT2D eigenvalue weighted by Gasteiger charge is 2.35. The molecule has 1 N–H and O–H groups in total. The first-order chi connectivity index (χ1) is 13.9. The van der Waals surface area contributed by atoms with E-state index in [9.17, 15) is 13.2 Å². The quantitative estimate of drug-likeness (QED) is 0.590.